The van der Waals surface area contributed by atoms with Gasteiger partial charge in [-0.25, -0.2) is 0 Å². The smallest absolute Gasteiger partial charge is 0.287 e. The van der Waals surface area contributed by atoms with Crippen molar-refractivity contribution in [3.05, 3.63) is 72.5 Å². The number of para-hydroxylation sites is 1. The summed E-state index contributed by atoms with van der Waals surface area (Å²) in [6, 6.07) is 20.1. The van der Waals surface area contributed by atoms with Crippen LogP contribution in [-0.2, 0) is 0 Å². The van der Waals surface area contributed by atoms with Crippen molar-refractivity contribution in [1.82, 2.24) is 25.1 Å². The van der Waals surface area contributed by atoms with E-state index in [-0.39, 0.29) is 18.3 Å². The Balaban J connectivity index is 1.23. The van der Waals surface area contributed by atoms with Crippen LogP contribution < -0.4 is 14.8 Å². The van der Waals surface area contributed by atoms with Gasteiger partial charge in [0.2, 0.25) is 5.88 Å². The van der Waals surface area contributed by atoms with Gasteiger partial charge in [0.05, 0.1) is 13.7 Å². The molecule has 160 valence electrons. The molecule has 9 heteroatoms. The minimum Gasteiger partial charge on any atom is -0.497 e. The van der Waals surface area contributed by atoms with E-state index < -0.39 is 0 Å². The van der Waals surface area contributed by atoms with Crippen molar-refractivity contribution in [2.45, 2.75) is 0 Å². The number of benzene rings is 2. The van der Waals surface area contributed by atoms with Crippen LogP contribution in [0.25, 0.3) is 28.0 Å². The van der Waals surface area contributed by atoms with Crippen molar-refractivity contribution in [2.24, 2.45) is 0 Å². The van der Waals surface area contributed by atoms with E-state index in [1.165, 1.54) is 0 Å². The molecule has 0 fully saturated rings. The van der Waals surface area contributed by atoms with Gasteiger partial charge in [-0.05, 0) is 42.5 Å². The number of carbonyl (C=O) groups is 1. The van der Waals surface area contributed by atoms with E-state index in [0.717, 1.165) is 16.7 Å². The van der Waals surface area contributed by atoms with Gasteiger partial charge in [0.25, 0.3) is 5.91 Å². The van der Waals surface area contributed by atoms with E-state index in [1.54, 1.807) is 29.8 Å². The van der Waals surface area contributed by atoms with Gasteiger partial charge in [-0.2, -0.15) is 4.52 Å². The van der Waals surface area contributed by atoms with Gasteiger partial charge in [0.1, 0.15) is 17.9 Å². The lowest BCUT2D eigenvalue weighted by molar-refractivity contribution is 0.0921. The summed E-state index contributed by atoms with van der Waals surface area (Å²) < 4.78 is 18.1. The van der Waals surface area contributed by atoms with Gasteiger partial charge in [-0.3, -0.25) is 4.79 Å². The van der Waals surface area contributed by atoms with Crippen molar-refractivity contribution < 1.29 is 18.7 Å². The monoisotopic (exact) mass is 429 g/mol. The van der Waals surface area contributed by atoms with Gasteiger partial charge < -0.3 is 19.2 Å². The molecule has 1 amide bonds. The van der Waals surface area contributed by atoms with Gasteiger partial charge in [0.15, 0.2) is 17.2 Å². The first kappa shape index (κ1) is 19.6. The fourth-order valence-corrected chi connectivity index (χ4v) is 3.27. The number of furan rings is 1. The minimum atomic E-state index is -0.297. The molecule has 0 spiro atoms. The van der Waals surface area contributed by atoms with Gasteiger partial charge in [0, 0.05) is 17.0 Å². The average Bonchev–Trinajstić information content (AvgIpc) is 3.46. The normalized spacial score (nSPS) is 11.0. The minimum absolute atomic E-state index is 0.241. The topological polar surface area (TPSA) is 104 Å². The Morgan fingerprint density at radius 1 is 1.06 bits per heavy atom. The lowest BCUT2D eigenvalue weighted by atomic mass is 10.2. The predicted molar refractivity (Wildman–Crippen MR) is 117 cm³/mol. The van der Waals surface area contributed by atoms with E-state index in [9.17, 15) is 4.79 Å². The summed E-state index contributed by atoms with van der Waals surface area (Å²) >= 11 is 0. The standard InChI is InChI=1S/C23H19N5O4/c1-30-17-8-6-15(7-9-17)22-26-25-20-10-11-21(27-28(20)22)31-13-12-24-23(29)19-14-16-4-2-3-5-18(16)32-19/h2-11,14H,12-13H2,1H3,(H,24,29). The van der Waals surface area contributed by atoms with E-state index in [0.29, 0.717) is 29.5 Å². The summed E-state index contributed by atoms with van der Waals surface area (Å²) in [5, 5.41) is 16.5. The highest BCUT2D eigenvalue weighted by molar-refractivity contribution is 5.96. The first-order valence-electron chi connectivity index (χ1n) is 9.98. The van der Waals surface area contributed by atoms with Crippen molar-refractivity contribution in [3.63, 3.8) is 0 Å². The van der Waals surface area contributed by atoms with Crippen LogP contribution in [0.15, 0.2) is 71.1 Å². The SMILES string of the molecule is COc1ccc(-c2nnc3ccc(OCCNC(=O)c4cc5ccccc5o4)nn23)cc1. The highest BCUT2D eigenvalue weighted by Crippen LogP contribution is 2.22. The number of aromatic nitrogens is 4. The number of carbonyl (C=O) groups excluding carboxylic acids is 1. The zero-order valence-corrected chi connectivity index (χ0v) is 17.2. The summed E-state index contributed by atoms with van der Waals surface area (Å²) in [7, 11) is 1.62. The Hall–Kier alpha value is -4.40. The van der Waals surface area contributed by atoms with Crippen molar-refractivity contribution in [2.75, 3.05) is 20.3 Å². The molecule has 32 heavy (non-hydrogen) atoms. The Labute approximate surface area is 182 Å². The molecule has 0 saturated carbocycles. The number of fused-ring (bicyclic) bond motifs is 2. The van der Waals surface area contributed by atoms with Crippen LogP contribution in [0, 0.1) is 0 Å². The van der Waals surface area contributed by atoms with Crippen LogP contribution in [-0.4, -0.2) is 46.0 Å². The molecule has 0 saturated heterocycles. The lowest BCUT2D eigenvalue weighted by Gasteiger charge is -2.07. The lowest BCUT2D eigenvalue weighted by Crippen LogP contribution is -2.27. The fourth-order valence-electron chi connectivity index (χ4n) is 3.27. The second kappa shape index (κ2) is 8.38. The number of nitrogens with one attached hydrogen (secondary N) is 1. The molecule has 3 aromatic heterocycles. The molecule has 2 aromatic carbocycles. The van der Waals surface area contributed by atoms with Gasteiger partial charge >= 0.3 is 0 Å². The summed E-state index contributed by atoms with van der Waals surface area (Å²) in [6.07, 6.45) is 0. The zero-order valence-electron chi connectivity index (χ0n) is 17.2. The Morgan fingerprint density at radius 2 is 1.91 bits per heavy atom. The second-order valence-electron chi connectivity index (χ2n) is 6.95. The highest BCUT2D eigenvalue weighted by atomic mass is 16.5. The maximum atomic E-state index is 12.3. The molecule has 0 bridgehead atoms. The third-order valence-electron chi connectivity index (χ3n) is 4.87. The average molecular weight is 429 g/mol. The quantitative estimate of drug-likeness (QED) is 0.396. The van der Waals surface area contributed by atoms with Crippen LogP contribution in [0.5, 0.6) is 11.6 Å². The number of methoxy groups -OCH3 is 1. The Morgan fingerprint density at radius 3 is 2.72 bits per heavy atom. The maximum absolute atomic E-state index is 12.3. The van der Waals surface area contributed by atoms with Crippen LogP contribution in [0.4, 0.5) is 0 Å². The number of rotatable bonds is 7. The van der Waals surface area contributed by atoms with Gasteiger partial charge in [-0.15, -0.1) is 15.3 Å². The third-order valence-corrected chi connectivity index (χ3v) is 4.87. The van der Waals surface area contributed by atoms with Crippen molar-refractivity contribution in [1.29, 1.82) is 0 Å². The van der Waals surface area contributed by atoms with Crippen LogP contribution in [0.1, 0.15) is 10.6 Å². The molecule has 3 heterocycles. The number of hydrogen-bond donors (Lipinski definition) is 1. The molecule has 0 aliphatic heterocycles. The Bertz CT molecular complexity index is 1360. The van der Waals surface area contributed by atoms with E-state index in [4.69, 9.17) is 13.9 Å². The fraction of sp³-hybridized carbons (Fsp3) is 0.130. The molecule has 0 atom stereocenters. The molecule has 5 aromatic rings. The maximum Gasteiger partial charge on any atom is 0.287 e. The highest BCUT2D eigenvalue weighted by Gasteiger charge is 2.13. The number of nitrogens with zero attached hydrogens (tertiary/aromatic N) is 4. The molecule has 0 radical (unpaired) electrons. The number of ether oxygens (including phenoxy) is 2. The molecular formula is C23H19N5O4. The van der Waals surface area contributed by atoms with E-state index in [2.05, 4.69) is 20.6 Å². The second-order valence-corrected chi connectivity index (χ2v) is 6.95. The molecule has 0 unspecified atom stereocenters. The van der Waals surface area contributed by atoms with Crippen molar-refractivity contribution >= 4 is 22.5 Å². The third kappa shape index (κ3) is 3.83. The van der Waals surface area contributed by atoms with Crippen LogP contribution >= 0.6 is 0 Å². The molecule has 5 rings (SSSR count). The van der Waals surface area contributed by atoms with Crippen molar-refractivity contribution in [3.8, 4) is 23.0 Å². The molecule has 9 nitrogen and oxygen atoms in total. The summed E-state index contributed by atoms with van der Waals surface area (Å²) in [6.45, 7) is 0.535. The molecule has 1 N–H and O–H groups in total. The molecule has 0 aliphatic rings. The van der Waals surface area contributed by atoms with E-state index in [1.807, 2.05) is 48.5 Å². The molecule has 0 aliphatic carbocycles. The number of hydrogen-bond acceptors (Lipinski definition) is 7. The summed E-state index contributed by atoms with van der Waals surface area (Å²) in [4.78, 5) is 12.3. The predicted octanol–water partition coefficient (Wildman–Crippen LogP) is 3.35. The van der Waals surface area contributed by atoms with Gasteiger partial charge in [-0.1, -0.05) is 18.2 Å². The summed E-state index contributed by atoms with van der Waals surface area (Å²) in [5.41, 5.74) is 2.12. The Kier molecular flexibility index (Phi) is 5.12. The van der Waals surface area contributed by atoms with Crippen LogP contribution in [0.2, 0.25) is 0 Å². The van der Waals surface area contributed by atoms with E-state index >= 15 is 0 Å². The zero-order chi connectivity index (χ0) is 21.9. The first-order valence-corrected chi connectivity index (χ1v) is 9.98. The summed E-state index contributed by atoms with van der Waals surface area (Å²) in [5.74, 6) is 1.70. The number of amides is 1. The largest absolute Gasteiger partial charge is 0.497 e. The first-order chi connectivity index (χ1) is 15.7. The van der Waals surface area contributed by atoms with Crippen LogP contribution in [0.3, 0.4) is 0 Å². The molecular weight excluding hydrogens is 410 g/mol.